The Kier molecular flexibility index (Phi) is 5.25. The van der Waals surface area contributed by atoms with E-state index in [1.807, 2.05) is 66.9 Å². The van der Waals surface area contributed by atoms with Gasteiger partial charge < -0.3 is 9.88 Å². The number of rotatable bonds is 3. The average molecular weight is 450 g/mol. The molecule has 2 heterocycles. The van der Waals surface area contributed by atoms with Gasteiger partial charge in [0.25, 0.3) is 5.91 Å². The Hall–Kier alpha value is -2.79. The molecule has 6 heteroatoms. The van der Waals surface area contributed by atoms with Crippen molar-refractivity contribution in [2.75, 3.05) is 4.90 Å². The lowest BCUT2D eigenvalue weighted by molar-refractivity contribution is -0.127. The Morgan fingerprint density at radius 2 is 1.84 bits per heavy atom. The number of carbonyl (C=O) groups is 2. The fraction of sp³-hybridized carbons (Fsp3) is 0.385. The summed E-state index contributed by atoms with van der Waals surface area (Å²) in [6.45, 7) is 4.15. The van der Waals surface area contributed by atoms with Crippen LogP contribution in [0.4, 0.5) is 5.69 Å². The summed E-state index contributed by atoms with van der Waals surface area (Å²) in [5.74, 6) is -0.292. The first kappa shape index (κ1) is 21.1. The Morgan fingerprint density at radius 3 is 2.62 bits per heavy atom. The van der Waals surface area contributed by atoms with Crippen LogP contribution >= 0.6 is 11.6 Å². The number of halogens is 1. The van der Waals surface area contributed by atoms with E-state index in [0.717, 1.165) is 42.1 Å². The molecule has 2 aromatic carbocycles. The number of nitrogens with one attached hydrogen (secondary N) is 1. The highest BCUT2D eigenvalue weighted by Crippen LogP contribution is 2.39. The predicted molar refractivity (Wildman–Crippen MR) is 128 cm³/mol. The summed E-state index contributed by atoms with van der Waals surface area (Å²) in [5, 5.41) is 4.85. The van der Waals surface area contributed by atoms with Gasteiger partial charge in [-0.1, -0.05) is 55.1 Å². The van der Waals surface area contributed by atoms with Crippen LogP contribution in [0.25, 0.3) is 10.9 Å². The molecule has 3 aromatic rings. The summed E-state index contributed by atoms with van der Waals surface area (Å²) >= 11 is 6.43. The van der Waals surface area contributed by atoms with Crippen molar-refractivity contribution in [2.45, 2.75) is 64.1 Å². The molecule has 5 nitrogen and oxygen atoms in total. The van der Waals surface area contributed by atoms with Crippen molar-refractivity contribution in [1.82, 2.24) is 9.88 Å². The maximum absolute atomic E-state index is 13.9. The summed E-state index contributed by atoms with van der Waals surface area (Å²) in [6, 6.07) is 15.5. The minimum absolute atomic E-state index is 0.111. The number of hydrogen-bond acceptors (Lipinski definition) is 2. The van der Waals surface area contributed by atoms with Gasteiger partial charge in [0, 0.05) is 27.7 Å². The van der Waals surface area contributed by atoms with Gasteiger partial charge in [0.1, 0.15) is 11.2 Å². The van der Waals surface area contributed by atoms with Crippen molar-refractivity contribution in [1.29, 1.82) is 0 Å². The Bertz CT molecular complexity index is 1210. The van der Waals surface area contributed by atoms with E-state index in [1.54, 1.807) is 4.90 Å². The molecule has 166 valence electrons. The van der Waals surface area contributed by atoms with E-state index in [9.17, 15) is 9.59 Å². The second-order valence-corrected chi connectivity index (χ2v) is 9.69. The third-order valence-corrected chi connectivity index (χ3v) is 7.51. The van der Waals surface area contributed by atoms with E-state index >= 15 is 0 Å². The fourth-order valence-electron chi connectivity index (χ4n) is 5.25. The van der Waals surface area contributed by atoms with Crippen LogP contribution in [0.15, 0.2) is 48.5 Å². The van der Waals surface area contributed by atoms with E-state index in [4.69, 9.17) is 11.6 Å². The van der Waals surface area contributed by atoms with Gasteiger partial charge in [-0.25, -0.2) is 0 Å². The second kappa shape index (κ2) is 7.96. The molecule has 1 aliphatic carbocycles. The number of nitrogens with zero attached hydrogens (tertiary/aromatic N) is 2. The summed E-state index contributed by atoms with van der Waals surface area (Å²) in [4.78, 5) is 29.4. The van der Waals surface area contributed by atoms with Gasteiger partial charge in [0.05, 0.1) is 6.54 Å². The topological polar surface area (TPSA) is 54.3 Å². The Balaban J connectivity index is 1.65. The molecule has 1 aromatic heterocycles. The Labute approximate surface area is 193 Å². The number of fused-ring (bicyclic) bond motifs is 3. The molecular weight excluding hydrogens is 422 g/mol. The van der Waals surface area contributed by atoms with Crippen molar-refractivity contribution in [3.05, 3.63) is 64.8 Å². The molecule has 2 amide bonds. The summed E-state index contributed by atoms with van der Waals surface area (Å²) in [6.07, 6.45) is 5.45. The second-order valence-electron chi connectivity index (χ2n) is 9.28. The van der Waals surface area contributed by atoms with Gasteiger partial charge in [-0.15, -0.1) is 0 Å². The minimum Gasteiger partial charge on any atom is -0.351 e. The molecule has 1 saturated carbocycles. The molecule has 2 aliphatic rings. The highest BCUT2D eigenvalue weighted by atomic mass is 35.5. The molecule has 5 rings (SSSR count). The minimum atomic E-state index is -1.08. The number of para-hydroxylation sites is 1. The Morgan fingerprint density at radius 1 is 1.09 bits per heavy atom. The van der Waals surface area contributed by atoms with Crippen molar-refractivity contribution in [2.24, 2.45) is 0 Å². The molecule has 0 bridgehead atoms. The quantitative estimate of drug-likeness (QED) is 0.576. The van der Waals surface area contributed by atoms with Gasteiger partial charge in [-0.2, -0.15) is 0 Å². The third kappa shape index (κ3) is 3.30. The highest BCUT2D eigenvalue weighted by Gasteiger charge is 2.49. The van der Waals surface area contributed by atoms with Crippen LogP contribution in [-0.2, 0) is 11.3 Å². The molecule has 32 heavy (non-hydrogen) atoms. The largest absolute Gasteiger partial charge is 0.351 e. The van der Waals surface area contributed by atoms with Crippen LogP contribution in [0.2, 0.25) is 5.02 Å². The van der Waals surface area contributed by atoms with Gasteiger partial charge in [0.2, 0.25) is 5.91 Å². The SMILES string of the molecule is Cc1c(Cl)cccc1N1C(=O)c2cc3ccccc3n2C[C@@]1(C)C(=O)NC1CCCCC1. The first-order valence-electron chi connectivity index (χ1n) is 11.4. The maximum Gasteiger partial charge on any atom is 0.275 e. The third-order valence-electron chi connectivity index (χ3n) is 7.10. The van der Waals surface area contributed by atoms with E-state index in [-0.39, 0.29) is 17.9 Å². The summed E-state index contributed by atoms with van der Waals surface area (Å²) in [7, 11) is 0. The summed E-state index contributed by atoms with van der Waals surface area (Å²) in [5.41, 5.74) is 1.95. The van der Waals surface area contributed by atoms with E-state index < -0.39 is 5.54 Å². The van der Waals surface area contributed by atoms with Crippen LogP contribution in [0.5, 0.6) is 0 Å². The number of aromatic nitrogens is 1. The van der Waals surface area contributed by atoms with Crippen LogP contribution in [0.1, 0.15) is 55.1 Å². The van der Waals surface area contributed by atoms with E-state index in [1.165, 1.54) is 6.42 Å². The van der Waals surface area contributed by atoms with Crippen molar-refractivity contribution < 1.29 is 9.59 Å². The zero-order valence-electron chi connectivity index (χ0n) is 18.5. The van der Waals surface area contributed by atoms with Crippen LogP contribution in [-0.4, -0.2) is 28.0 Å². The predicted octanol–water partition coefficient (Wildman–Crippen LogP) is 5.47. The van der Waals surface area contributed by atoms with Crippen LogP contribution in [0.3, 0.4) is 0 Å². The zero-order valence-corrected chi connectivity index (χ0v) is 19.3. The molecule has 1 fully saturated rings. The number of carbonyl (C=O) groups excluding carboxylic acids is 2. The molecule has 1 N–H and O–H groups in total. The molecule has 0 unspecified atom stereocenters. The normalized spacial score (nSPS) is 21.6. The lowest BCUT2D eigenvalue weighted by Gasteiger charge is -2.45. The van der Waals surface area contributed by atoms with Crippen LogP contribution in [0, 0.1) is 6.92 Å². The smallest absolute Gasteiger partial charge is 0.275 e. The molecule has 0 spiro atoms. The van der Waals surface area contributed by atoms with Gasteiger partial charge in [-0.05, 0) is 56.5 Å². The van der Waals surface area contributed by atoms with Crippen molar-refractivity contribution in [3.8, 4) is 0 Å². The van der Waals surface area contributed by atoms with Gasteiger partial charge >= 0.3 is 0 Å². The summed E-state index contributed by atoms with van der Waals surface area (Å²) < 4.78 is 1.99. The first-order valence-corrected chi connectivity index (χ1v) is 11.8. The van der Waals surface area contributed by atoms with Gasteiger partial charge in [0.15, 0.2) is 0 Å². The number of anilines is 1. The van der Waals surface area contributed by atoms with Gasteiger partial charge in [-0.3, -0.25) is 14.5 Å². The number of benzene rings is 2. The van der Waals surface area contributed by atoms with E-state index in [2.05, 4.69) is 5.32 Å². The maximum atomic E-state index is 13.9. The standard InChI is InChI=1S/C26H28ClN3O2/c1-17-20(27)12-8-14-21(17)30-24(31)23-15-18-9-6-7-13-22(18)29(23)16-26(30,2)25(32)28-19-10-4-3-5-11-19/h6-9,12-15,19H,3-5,10-11,16H2,1-2H3,(H,28,32)/t26-/m0/s1. The lowest BCUT2D eigenvalue weighted by atomic mass is 9.90. The molecule has 1 atom stereocenters. The fourth-order valence-corrected chi connectivity index (χ4v) is 5.42. The molecular formula is C26H28ClN3O2. The highest BCUT2D eigenvalue weighted by molar-refractivity contribution is 6.32. The number of hydrogen-bond donors (Lipinski definition) is 1. The zero-order chi connectivity index (χ0) is 22.5. The van der Waals surface area contributed by atoms with E-state index in [0.29, 0.717) is 22.9 Å². The number of amides is 2. The molecule has 0 radical (unpaired) electrons. The molecule has 1 aliphatic heterocycles. The molecule has 0 saturated heterocycles. The first-order chi connectivity index (χ1) is 15.4. The lowest BCUT2D eigenvalue weighted by Crippen LogP contribution is -2.65. The van der Waals surface area contributed by atoms with Crippen LogP contribution < -0.4 is 10.2 Å². The monoisotopic (exact) mass is 449 g/mol. The van der Waals surface area contributed by atoms with Crippen molar-refractivity contribution >= 4 is 40.0 Å². The average Bonchev–Trinajstić information content (AvgIpc) is 3.16. The van der Waals surface area contributed by atoms with Crippen molar-refractivity contribution in [3.63, 3.8) is 0 Å².